The third-order valence-corrected chi connectivity index (χ3v) is 3.24. The number of carbonyl (C=O) groups is 1. The van der Waals surface area contributed by atoms with Gasteiger partial charge in [-0.3, -0.25) is 4.79 Å². The predicted octanol–water partition coefficient (Wildman–Crippen LogP) is 1.02. The maximum absolute atomic E-state index is 11.8. The highest BCUT2D eigenvalue weighted by molar-refractivity contribution is 5.82. The van der Waals surface area contributed by atoms with E-state index in [2.05, 4.69) is 21.8 Å². The molecule has 98 valence electrons. The summed E-state index contributed by atoms with van der Waals surface area (Å²) in [6.07, 6.45) is 3.90. The summed E-state index contributed by atoms with van der Waals surface area (Å²) in [6.45, 7) is 6.04. The number of likely N-dealkylation sites (N-methyl/N-ethyl adjacent to an activating group) is 1. The standard InChI is InChI=1S/C13H20N4O/c1-4-5-11-8-14-10(2)15-13(11)17-7-6-16(3)12(18)9-17/h8H,4-7,9H2,1-3H3. The summed E-state index contributed by atoms with van der Waals surface area (Å²) in [7, 11) is 1.85. The van der Waals surface area contributed by atoms with Gasteiger partial charge in [-0.25, -0.2) is 9.97 Å². The topological polar surface area (TPSA) is 49.3 Å². The number of carbonyl (C=O) groups excluding carboxylic acids is 1. The van der Waals surface area contributed by atoms with Crippen LogP contribution in [0.3, 0.4) is 0 Å². The molecule has 0 unspecified atom stereocenters. The van der Waals surface area contributed by atoms with E-state index < -0.39 is 0 Å². The van der Waals surface area contributed by atoms with E-state index in [1.165, 1.54) is 0 Å². The van der Waals surface area contributed by atoms with Crippen LogP contribution >= 0.6 is 0 Å². The zero-order valence-corrected chi connectivity index (χ0v) is 11.3. The number of hydrogen-bond donors (Lipinski definition) is 0. The Morgan fingerprint density at radius 3 is 2.83 bits per heavy atom. The van der Waals surface area contributed by atoms with E-state index in [0.717, 1.165) is 43.1 Å². The lowest BCUT2D eigenvalue weighted by Gasteiger charge is -2.33. The SMILES string of the molecule is CCCc1cnc(C)nc1N1CCN(C)C(=O)C1. The smallest absolute Gasteiger partial charge is 0.241 e. The summed E-state index contributed by atoms with van der Waals surface area (Å²) in [5.74, 6) is 1.85. The van der Waals surface area contributed by atoms with Crippen molar-refractivity contribution >= 4 is 11.7 Å². The first kappa shape index (κ1) is 12.8. The molecule has 0 aliphatic carbocycles. The van der Waals surface area contributed by atoms with Crippen molar-refractivity contribution in [2.45, 2.75) is 26.7 Å². The quantitative estimate of drug-likeness (QED) is 0.801. The number of nitrogens with zero attached hydrogens (tertiary/aromatic N) is 4. The summed E-state index contributed by atoms with van der Waals surface area (Å²) in [6, 6.07) is 0. The van der Waals surface area contributed by atoms with Crippen molar-refractivity contribution in [2.75, 3.05) is 31.6 Å². The van der Waals surface area contributed by atoms with Gasteiger partial charge in [-0.2, -0.15) is 0 Å². The molecule has 0 N–H and O–H groups in total. The van der Waals surface area contributed by atoms with Gasteiger partial charge in [0.2, 0.25) is 5.91 Å². The molecule has 1 fully saturated rings. The molecule has 1 aliphatic heterocycles. The third kappa shape index (κ3) is 2.60. The summed E-state index contributed by atoms with van der Waals surface area (Å²) in [5, 5.41) is 0. The lowest BCUT2D eigenvalue weighted by molar-refractivity contribution is -0.129. The molecule has 1 saturated heterocycles. The second-order valence-electron chi connectivity index (χ2n) is 4.75. The highest BCUT2D eigenvalue weighted by Gasteiger charge is 2.23. The Kier molecular flexibility index (Phi) is 3.79. The molecule has 0 aromatic carbocycles. The number of aryl methyl sites for hydroxylation is 2. The number of anilines is 1. The van der Waals surface area contributed by atoms with Gasteiger partial charge < -0.3 is 9.80 Å². The average molecular weight is 248 g/mol. The lowest BCUT2D eigenvalue weighted by Crippen LogP contribution is -2.49. The average Bonchev–Trinajstić information content (AvgIpc) is 2.35. The summed E-state index contributed by atoms with van der Waals surface area (Å²) in [5.41, 5.74) is 1.14. The first-order valence-electron chi connectivity index (χ1n) is 6.43. The normalized spacial score (nSPS) is 16.3. The van der Waals surface area contributed by atoms with Gasteiger partial charge in [-0.05, 0) is 13.3 Å². The molecule has 1 aliphatic rings. The molecule has 0 radical (unpaired) electrons. The van der Waals surface area contributed by atoms with Gasteiger partial charge in [-0.1, -0.05) is 13.3 Å². The van der Waals surface area contributed by atoms with Gasteiger partial charge >= 0.3 is 0 Å². The van der Waals surface area contributed by atoms with Crippen molar-refractivity contribution in [1.82, 2.24) is 14.9 Å². The fraction of sp³-hybridized carbons (Fsp3) is 0.615. The molecule has 0 bridgehead atoms. The van der Waals surface area contributed by atoms with Gasteiger partial charge in [0.1, 0.15) is 11.6 Å². The Balaban J connectivity index is 2.26. The number of rotatable bonds is 3. The first-order valence-corrected chi connectivity index (χ1v) is 6.43. The van der Waals surface area contributed by atoms with Crippen molar-refractivity contribution in [2.24, 2.45) is 0 Å². The Morgan fingerprint density at radius 1 is 1.39 bits per heavy atom. The lowest BCUT2D eigenvalue weighted by atomic mass is 10.1. The molecule has 1 amide bonds. The van der Waals surface area contributed by atoms with E-state index in [4.69, 9.17) is 0 Å². The van der Waals surface area contributed by atoms with E-state index in [9.17, 15) is 4.79 Å². The minimum Gasteiger partial charge on any atom is -0.345 e. The Hall–Kier alpha value is -1.65. The minimum absolute atomic E-state index is 0.153. The fourth-order valence-electron chi connectivity index (χ4n) is 2.14. The number of amides is 1. The summed E-state index contributed by atoms with van der Waals surface area (Å²) >= 11 is 0. The van der Waals surface area contributed by atoms with Crippen LogP contribution in [-0.4, -0.2) is 47.5 Å². The second-order valence-corrected chi connectivity index (χ2v) is 4.75. The molecule has 0 saturated carbocycles. The van der Waals surface area contributed by atoms with E-state index >= 15 is 0 Å². The summed E-state index contributed by atoms with van der Waals surface area (Å²) < 4.78 is 0. The molecular formula is C13H20N4O. The predicted molar refractivity (Wildman–Crippen MR) is 70.6 cm³/mol. The largest absolute Gasteiger partial charge is 0.345 e. The van der Waals surface area contributed by atoms with Crippen molar-refractivity contribution in [3.8, 4) is 0 Å². The molecular weight excluding hydrogens is 228 g/mol. The molecule has 5 nitrogen and oxygen atoms in total. The molecule has 5 heteroatoms. The molecule has 1 aromatic rings. The molecule has 0 atom stereocenters. The summed E-state index contributed by atoms with van der Waals surface area (Å²) in [4.78, 5) is 24.4. The van der Waals surface area contributed by atoms with Crippen LogP contribution in [0.15, 0.2) is 6.20 Å². The highest BCUT2D eigenvalue weighted by Crippen LogP contribution is 2.20. The van der Waals surface area contributed by atoms with Crippen LogP contribution in [0.5, 0.6) is 0 Å². The fourth-order valence-corrected chi connectivity index (χ4v) is 2.14. The van der Waals surface area contributed by atoms with Crippen LogP contribution in [0.2, 0.25) is 0 Å². The Bertz CT molecular complexity index is 447. The zero-order chi connectivity index (χ0) is 13.1. The Labute approximate surface area is 108 Å². The van der Waals surface area contributed by atoms with Crippen molar-refractivity contribution in [3.63, 3.8) is 0 Å². The molecule has 1 aromatic heterocycles. The van der Waals surface area contributed by atoms with Crippen LogP contribution in [0.4, 0.5) is 5.82 Å². The van der Waals surface area contributed by atoms with Crippen LogP contribution in [0.1, 0.15) is 24.7 Å². The molecule has 0 spiro atoms. The minimum atomic E-state index is 0.153. The maximum atomic E-state index is 11.8. The van der Waals surface area contributed by atoms with E-state index in [1.807, 2.05) is 20.2 Å². The van der Waals surface area contributed by atoms with Crippen molar-refractivity contribution in [3.05, 3.63) is 17.6 Å². The molecule has 18 heavy (non-hydrogen) atoms. The third-order valence-electron chi connectivity index (χ3n) is 3.24. The van der Waals surface area contributed by atoms with Gasteiger partial charge in [-0.15, -0.1) is 0 Å². The van der Waals surface area contributed by atoms with Gasteiger partial charge in [0.05, 0.1) is 6.54 Å². The van der Waals surface area contributed by atoms with Gasteiger partial charge in [0.15, 0.2) is 0 Å². The van der Waals surface area contributed by atoms with Crippen LogP contribution in [0, 0.1) is 6.92 Å². The first-order chi connectivity index (χ1) is 8.61. The van der Waals surface area contributed by atoms with Crippen molar-refractivity contribution in [1.29, 1.82) is 0 Å². The molecule has 2 rings (SSSR count). The highest BCUT2D eigenvalue weighted by atomic mass is 16.2. The van der Waals surface area contributed by atoms with Gasteiger partial charge in [0.25, 0.3) is 0 Å². The van der Waals surface area contributed by atoms with E-state index in [0.29, 0.717) is 6.54 Å². The van der Waals surface area contributed by atoms with E-state index in [1.54, 1.807) is 4.90 Å². The van der Waals surface area contributed by atoms with Crippen LogP contribution in [-0.2, 0) is 11.2 Å². The van der Waals surface area contributed by atoms with Crippen LogP contribution < -0.4 is 4.90 Å². The number of aromatic nitrogens is 2. The monoisotopic (exact) mass is 248 g/mol. The second kappa shape index (κ2) is 5.33. The maximum Gasteiger partial charge on any atom is 0.241 e. The van der Waals surface area contributed by atoms with Gasteiger partial charge in [0, 0.05) is 31.9 Å². The zero-order valence-electron chi connectivity index (χ0n) is 11.3. The number of piperazine rings is 1. The van der Waals surface area contributed by atoms with Crippen LogP contribution in [0.25, 0.3) is 0 Å². The van der Waals surface area contributed by atoms with E-state index in [-0.39, 0.29) is 5.91 Å². The van der Waals surface area contributed by atoms with Crippen molar-refractivity contribution < 1.29 is 4.79 Å². The Morgan fingerprint density at radius 2 is 2.17 bits per heavy atom. The number of hydrogen-bond acceptors (Lipinski definition) is 4. The molecule has 2 heterocycles.